The maximum atomic E-state index is 12.8. The molecule has 0 N–H and O–H groups in total. The lowest BCUT2D eigenvalue weighted by Crippen LogP contribution is -2.30. The number of hydrogen-bond donors (Lipinski definition) is 0. The van der Waals surface area contributed by atoms with Crippen LogP contribution in [0.15, 0.2) is 48.6 Å². The summed E-state index contributed by atoms with van der Waals surface area (Å²) >= 11 is 0. The van der Waals surface area contributed by atoms with Crippen LogP contribution >= 0.6 is 0 Å². The first kappa shape index (κ1) is 59.4. The van der Waals surface area contributed by atoms with E-state index >= 15 is 0 Å². The fourth-order valence-corrected chi connectivity index (χ4v) is 7.52. The Bertz CT molecular complexity index is 1090. The molecule has 360 valence electrons. The molecule has 0 saturated heterocycles. The summed E-state index contributed by atoms with van der Waals surface area (Å²) in [5.74, 6) is -0.981. The summed E-state index contributed by atoms with van der Waals surface area (Å²) in [6.45, 7) is 6.55. The number of carbonyl (C=O) groups is 3. The van der Waals surface area contributed by atoms with Gasteiger partial charge in [-0.2, -0.15) is 0 Å². The van der Waals surface area contributed by atoms with Crippen molar-refractivity contribution in [2.75, 3.05) is 13.2 Å². The first-order chi connectivity index (χ1) is 30.5. The van der Waals surface area contributed by atoms with Gasteiger partial charge in [0.05, 0.1) is 0 Å². The van der Waals surface area contributed by atoms with Crippen molar-refractivity contribution in [2.24, 2.45) is 0 Å². The third-order valence-corrected chi connectivity index (χ3v) is 11.6. The summed E-state index contributed by atoms with van der Waals surface area (Å²) in [6, 6.07) is 0. The summed E-state index contributed by atoms with van der Waals surface area (Å²) in [6.07, 6.45) is 61.2. The first-order valence-electron chi connectivity index (χ1n) is 26.6. The molecule has 0 aromatic carbocycles. The van der Waals surface area contributed by atoms with Gasteiger partial charge >= 0.3 is 17.9 Å². The van der Waals surface area contributed by atoms with Gasteiger partial charge in [0, 0.05) is 19.3 Å². The zero-order valence-electron chi connectivity index (χ0n) is 41.1. The summed E-state index contributed by atoms with van der Waals surface area (Å²) in [5, 5.41) is 0. The summed E-state index contributed by atoms with van der Waals surface area (Å²) < 4.78 is 16.7. The lowest BCUT2D eigenvalue weighted by Gasteiger charge is -2.18. The Hall–Kier alpha value is -2.63. The average Bonchev–Trinajstić information content (AvgIpc) is 3.27. The maximum absolute atomic E-state index is 12.8. The Morgan fingerprint density at radius 1 is 0.323 bits per heavy atom. The van der Waals surface area contributed by atoms with E-state index in [1.807, 2.05) is 0 Å². The number of rotatable bonds is 48. The predicted molar refractivity (Wildman–Crippen MR) is 265 cm³/mol. The van der Waals surface area contributed by atoms with Gasteiger partial charge in [-0.05, 0) is 70.6 Å². The molecule has 0 amide bonds. The van der Waals surface area contributed by atoms with Crippen molar-refractivity contribution >= 4 is 17.9 Å². The Balaban J connectivity index is 4.37. The number of hydrogen-bond acceptors (Lipinski definition) is 6. The minimum atomic E-state index is -0.806. The van der Waals surface area contributed by atoms with Crippen LogP contribution in [0, 0.1) is 0 Å². The van der Waals surface area contributed by atoms with Crippen LogP contribution in [-0.4, -0.2) is 37.2 Å². The van der Waals surface area contributed by atoms with Gasteiger partial charge in [0.15, 0.2) is 6.10 Å². The van der Waals surface area contributed by atoms with Gasteiger partial charge in [-0.15, -0.1) is 0 Å². The minimum absolute atomic E-state index is 0.0991. The van der Waals surface area contributed by atoms with E-state index in [1.165, 1.54) is 167 Å². The van der Waals surface area contributed by atoms with E-state index in [9.17, 15) is 14.4 Å². The molecule has 0 bridgehead atoms. The third kappa shape index (κ3) is 48.4. The van der Waals surface area contributed by atoms with Crippen molar-refractivity contribution in [1.29, 1.82) is 0 Å². The highest BCUT2D eigenvalue weighted by Gasteiger charge is 2.19. The average molecular weight is 869 g/mol. The van der Waals surface area contributed by atoms with Gasteiger partial charge < -0.3 is 14.2 Å². The van der Waals surface area contributed by atoms with Crippen LogP contribution < -0.4 is 0 Å². The van der Waals surface area contributed by atoms with E-state index in [4.69, 9.17) is 14.2 Å². The van der Waals surface area contributed by atoms with Gasteiger partial charge in [-0.25, -0.2) is 0 Å². The second-order valence-corrected chi connectivity index (χ2v) is 17.8. The molecular weight excluding hydrogens is 769 g/mol. The zero-order valence-corrected chi connectivity index (χ0v) is 41.1. The van der Waals surface area contributed by atoms with Crippen molar-refractivity contribution in [1.82, 2.24) is 0 Å². The molecule has 0 aromatic rings. The van der Waals surface area contributed by atoms with Gasteiger partial charge in [-0.1, -0.05) is 230 Å². The van der Waals surface area contributed by atoms with Gasteiger partial charge in [0.25, 0.3) is 0 Å². The zero-order chi connectivity index (χ0) is 45.1. The highest BCUT2D eigenvalue weighted by atomic mass is 16.6. The fraction of sp³-hybridized carbons (Fsp3) is 0.804. The lowest BCUT2D eigenvalue weighted by atomic mass is 10.0. The van der Waals surface area contributed by atoms with E-state index in [-0.39, 0.29) is 37.5 Å². The molecule has 0 rings (SSSR count). The number of carbonyl (C=O) groups excluding carboxylic acids is 3. The topological polar surface area (TPSA) is 78.9 Å². The monoisotopic (exact) mass is 869 g/mol. The summed E-state index contributed by atoms with van der Waals surface area (Å²) in [5.41, 5.74) is 0. The molecule has 1 unspecified atom stereocenters. The van der Waals surface area contributed by atoms with E-state index < -0.39 is 6.10 Å². The molecule has 1 atom stereocenters. The van der Waals surface area contributed by atoms with Gasteiger partial charge in [-0.3, -0.25) is 14.4 Å². The largest absolute Gasteiger partial charge is 0.462 e. The van der Waals surface area contributed by atoms with Crippen LogP contribution in [0.5, 0.6) is 0 Å². The number of esters is 3. The van der Waals surface area contributed by atoms with E-state index in [2.05, 4.69) is 69.4 Å². The summed E-state index contributed by atoms with van der Waals surface area (Å²) in [4.78, 5) is 37.9. The molecule has 0 heterocycles. The van der Waals surface area contributed by atoms with Crippen molar-refractivity contribution in [3.05, 3.63) is 48.6 Å². The maximum Gasteiger partial charge on any atom is 0.306 e. The SMILES string of the molecule is CCCCCC/C=C\CCCC(=O)OCC(COC(=O)CCCCCCCCCCCCCCCCCCCC)OC(=O)CCC/C=C\C/C=C\C/C=C\CCCCCCCC. The smallest absolute Gasteiger partial charge is 0.306 e. The van der Waals surface area contributed by atoms with Crippen LogP contribution in [0.1, 0.15) is 271 Å². The molecule has 0 aromatic heterocycles. The van der Waals surface area contributed by atoms with Gasteiger partial charge in [0.2, 0.25) is 0 Å². The van der Waals surface area contributed by atoms with Crippen molar-refractivity contribution in [3.63, 3.8) is 0 Å². The molecule has 0 fully saturated rings. The lowest BCUT2D eigenvalue weighted by molar-refractivity contribution is -0.167. The second kappa shape index (κ2) is 51.0. The number of allylic oxidation sites excluding steroid dienone is 8. The van der Waals surface area contributed by atoms with Crippen LogP contribution in [-0.2, 0) is 28.6 Å². The molecule has 0 aliphatic heterocycles. The molecule has 6 heteroatoms. The highest BCUT2D eigenvalue weighted by Crippen LogP contribution is 2.15. The Kier molecular flexibility index (Phi) is 48.8. The fourth-order valence-electron chi connectivity index (χ4n) is 7.52. The van der Waals surface area contributed by atoms with E-state index in [1.54, 1.807) is 0 Å². The van der Waals surface area contributed by atoms with Crippen molar-refractivity contribution in [3.8, 4) is 0 Å². The van der Waals surface area contributed by atoms with Gasteiger partial charge in [0.1, 0.15) is 13.2 Å². The molecule has 0 saturated carbocycles. The first-order valence-corrected chi connectivity index (χ1v) is 26.6. The van der Waals surface area contributed by atoms with Crippen LogP contribution in [0.3, 0.4) is 0 Å². The predicted octanol–water partition coefficient (Wildman–Crippen LogP) is 17.5. The second-order valence-electron chi connectivity index (χ2n) is 17.8. The van der Waals surface area contributed by atoms with Crippen LogP contribution in [0.4, 0.5) is 0 Å². The minimum Gasteiger partial charge on any atom is -0.462 e. The van der Waals surface area contributed by atoms with E-state index in [0.717, 1.165) is 51.4 Å². The Morgan fingerprint density at radius 3 is 1.00 bits per heavy atom. The Labute approximate surface area is 384 Å². The molecular formula is C56H100O6. The number of unbranched alkanes of at least 4 members (excludes halogenated alkanes) is 29. The summed E-state index contributed by atoms with van der Waals surface area (Å²) in [7, 11) is 0. The van der Waals surface area contributed by atoms with E-state index in [0.29, 0.717) is 25.7 Å². The molecule has 0 spiro atoms. The molecule has 62 heavy (non-hydrogen) atoms. The quantitative estimate of drug-likeness (QED) is 0.0262. The van der Waals surface area contributed by atoms with Crippen LogP contribution in [0.25, 0.3) is 0 Å². The molecule has 0 aliphatic rings. The van der Waals surface area contributed by atoms with Crippen molar-refractivity contribution in [2.45, 2.75) is 277 Å². The Morgan fingerprint density at radius 2 is 0.597 bits per heavy atom. The molecule has 0 radical (unpaired) electrons. The normalized spacial score (nSPS) is 12.4. The molecule has 6 nitrogen and oxygen atoms in total. The molecule has 0 aliphatic carbocycles. The van der Waals surface area contributed by atoms with Crippen LogP contribution in [0.2, 0.25) is 0 Å². The number of ether oxygens (including phenoxy) is 3. The highest BCUT2D eigenvalue weighted by molar-refractivity contribution is 5.71. The third-order valence-electron chi connectivity index (χ3n) is 11.6. The standard InChI is InChI=1S/C56H100O6/c1-4-7-10-13-16-19-21-23-25-27-29-30-32-34-37-40-43-46-49-55(58)61-52-53(51-60-54(57)48-45-42-39-36-18-15-12-9-6-3)62-56(59)50-47-44-41-38-35-33-31-28-26-24-22-20-17-14-11-8-5-2/h24,26,31,33,36,38-39,41,53H,4-23,25,27-30,32,34-35,37,40,42-52H2,1-3H3/b26-24-,33-31-,39-36-,41-38-. The van der Waals surface area contributed by atoms with Crippen molar-refractivity contribution < 1.29 is 28.6 Å².